The van der Waals surface area contributed by atoms with Crippen LogP contribution in [-0.2, 0) is 9.59 Å². The zero-order valence-electron chi connectivity index (χ0n) is 8.88. The lowest BCUT2D eigenvalue weighted by atomic mass is 10.2. The molecule has 16 heavy (non-hydrogen) atoms. The first-order chi connectivity index (χ1) is 7.58. The quantitative estimate of drug-likeness (QED) is 0.687. The van der Waals surface area contributed by atoms with Crippen LogP contribution in [0.25, 0.3) is 0 Å². The molecule has 0 radical (unpaired) electrons. The average Bonchev–Trinajstić information content (AvgIpc) is 2.25. The molecule has 1 fully saturated rings. The van der Waals surface area contributed by atoms with Crippen LogP contribution < -0.4 is 4.90 Å². The number of carbonyl (C=O) groups excluding carboxylic acids is 2. The third-order valence-corrected chi connectivity index (χ3v) is 2.60. The number of hydrogen-bond acceptors (Lipinski definition) is 4. The van der Waals surface area contributed by atoms with Gasteiger partial charge in [0.2, 0.25) is 11.8 Å². The number of carbonyl (C=O) groups is 2. The van der Waals surface area contributed by atoms with Crippen LogP contribution in [0, 0.1) is 0 Å². The highest BCUT2D eigenvalue weighted by Crippen LogP contribution is 2.21. The number of likely N-dealkylation sites (N-methyl/N-ethyl adjacent to an activating group) is 1. The van der Waals surface area contributed by atoms with Gasteiger partial charge in [0.25, 0.3) is 0 Å². The summed E-state index contributed by atoms with van der Waals surface area (Å²) >= 11 is 0. The summed E-state index contributed by atoms with van der Waals surface area (Å²) in [5, 5.41) is 9.32. The monoisotopic (exact) mass is 220 g/mol. The number of imide groups is 1. The molecule has 0 saturated carbocycles. The lowest BCUT2D eigenvalue weighted by Crippen LogP contribution is -2.52. The Morgan fingerprint density at radius 2 is 1.81 bits per heavy atom. The van der Waals surface area contributed by atoms with Gasteiger partial charge in [0.1, 0.15) is 5.75 Å². The fourth-order valence-electron chi connectivity index (χ4n) is 1.61. The molecule has 2 rings (SSSR count). The molecule has 0 unspecified atom stereocenters. The second-order valence-corrected chi connectivity index (χ2v) is 3.72. The SMILES string of the molecule is CN1C(=O)CN(c2cccc(O)c2)CC1=O. The van der Waals surface area contributed by atoms with Gasteiger partial charge in [0.15, 0.2) is 0 Å². The van der Waals surface area contributed by atoms with E-state index in [2.05, 4.69) is 0 Å². The van der Waals surface area contributed by atoms with Crippen LogP contribution in [0.15, 0.2) is 24.3 Å². The van der Waals surface area contributed by atoms with Crippen molar-refractivity contribution in [2.45, 2.75) is 0 Å². The van der Waals surface area contributed by atoms with Gasteiger partial charge in [0.05, 0.1) is 13.1 Å². The normalized spacial score (nSPS) is 16.8. The van der Waals surface area contributed by atoms with Crippen molar-refractivity contribution < 1.29 is 14.7 Å². The summed E-state index contributed by atoms with van der Waals surface area (Å²) in [7, 11) is 1.48. The molecule has 1 aromatic carbocycles. The zero-order chi connectivity index (χ0) is 11.7. The summed E-state index contributed by atoms with van der Waals surface area (Å²) < 4.78 is 0. The Balaban J connectivity index is 2.23. The molecule has 84 valence electrons. The highest BCUT2D eigenvalue weighted by atomic mass is 16.3. The van der Waals surface area contributed by atoms with Crippen molar-refractivity contribution in [1.29, 1.82) is 0 Å². The summed E-state index contributed by atoms with van der Waals surface area (Å²) in [6.45, 7) is 0.317. The summed E-state index contributed by atoms with van der Waals surface area (Å²) in [5.41, 5.74) is 0.676. The van der Waals surface area contributed by atoms with E-state index in [-0.39, 0.29) is 30.7 Å². The number of nitrogens with zero attached hydrogens (tertiary/aromatic N) is 2. The van der Waals surface area contributed by atoms with Crippen LogP contribution in [0.3, 0.4) is 0 Å². The van der Waals surface area contributed by atoms with Crippen LogP contribution in [0.4, 0.5) is 5.69 Å². The van der Waals surface area contributed by atoms with Gasteiger partial charge in [-0.25, -0.2) is 0 Å². The minimum atomic E-state index is -0.236. The van der Waals surface area contributed by atoms with Gasteiger partial charge in [-0.1, -0.05) is 6.07 Å². The second kappa shape index (κ2) is 3.84. The van der Waals surface area contributed by atoms with E-state index in [0.29, 0.717) is 5.69 Å². The number of anilines is 1. The Hall–Kier alpha value is -2.04. The molecule has 1 aromatic rings. The molecule has 2 amide bonds. The van der Waals surface area contributed by atoms with Crippen molar-refractivity contribution >= 4 is 17.5 Å². The number of piperazine rings is 1. The largest absolute Gasteiger partial charge is 0.508 e. The number of phenols is 1. The van der Waals surface area contributed by atoms with Gasteiger partial charge in [-0.15, -0.1) is 0 Å². The van der Waals surface area contributed by atoms with Crippen LogP contribution in [0.2, 0.25) is 0 Å². The molecule has 0 atom stereocenters. The van der Waals surface area contributed by atoms with Crippen molar-refractivity contribution in [3.63, 3.8) is 0 Å². The molecule has 1 N–H and O–H groups in total. The van der Waals surface area contributed by atoms with Gasteiger partial charge in [-0.2, -0.15) is 0 Å². The number of benzene rings is 1. The molecule has 1 aliphatic heterocycles. The first kappa shape index (κ1) is 10.5. The van der Waals surface area contributed by atoms with E-state index in [0.717, 1.165) is 4.90 Å². The zero-order valence-corrected chi connectivity index (χ0v) is 8.88. The fraction of sp³-hybridized carbons (Fsp3) is 0.273. The van der Waals surface area contributed by atoms with Crippen molar-refractivity contribution in [2.24, 2.45) is 0 Å². The summed E-state index contributed by atoms with van der Waals surface area (Å²) in [6.07, 6.45) is 0. The number of rotatable bonds is 1. The Morgan fingerprint density at radius 3 is 2.38 bits per heavy atom. The Kier molecular flexibility index (Phi) is 2.52. The first-order valence-electron chi connectivity index (χ1n) is 4.91. The molecule has 1 saturated heterocycles. The highest BCUT2D eigenvalue weighted by Gasteiger charge is 2.28. The van der Waals surface area contributed by atoms with E-state index in [1.165, 1.54) is 13.1 Å². The van der Waals surface area contributed by atoms with Crippen LogP contribution >= 0.6 is 0 Å². The van der Waals surface area contributed by atoms with Crippen LogP contribution in [0.5, 0.6) is 5.75 Å². The van der Waals surface area contributed by atoms with Gasteiger partial charge < -0.3 is 10.0 Å². The molecule has 5 nitrogen and oxygen atoms in total. The highest BCUT2D eigenvalue weighted by molar-refractivity contribution is 6.02. The van der Waals surface area contributed by atoms with E-state index in [1.807, 2.05) is 0 Å². The molecule has 5 heteroatoms. The van der Waals surface area contributed by atoms with Gasteiger partial charge in [-0.05, 0) is 12.1 Å². The predicted molar refractivity (Wildman–Crippen MR) is 58.1 cm³/mol. The molecular weight excluding hydrogens is 208 g/mol. The number of aromatic hydroxyl groups is 1. The van der Waals surface area contributed by atoms with Crippen molar-refractivity contribution in [2.75, 3.05) is 25.0 Å². The Morgan fingerprint density at radius 1 is 1.19 bits per heavy atom. The van der Waals surface area contributed by atoms with E-state index in [9.17, 15) is 14.7 Å². The van der Waals surface area contributed by atoms with E-state index >= 15 is 0 Å². The maximum Gasteiger partial charge on any atom is 0.248 e. The summed E-state index contributed by atoms with van der Waals surface area (Å²) in [6, 6.07) is 6.51. The summed E-state index contributed by atoms with van der Waals surface area (Å²) in [5.74, 6) is -0.351. The number of phenolic OH excluding ortho intramolecular Hbond substituents is 1. The van der Waals surface area contributed by atoms with Crippen molar-refractivity contribution in [1.82, 2.24) is 4.90 Å². The molecule has 1 heterocycles. The molecular formula is C11H12N2O3. The predicted octanol–water partition coefficient (Wildman–Crippen LogP) is 0.197. The van der Waals surface area contributed by atoms with Crippen LogP contribution in [0.1, 0.15) is 0 Å². The molecule has 0 aromatic heterocycles. The standard InChI is InChI=1S/C11H12N2O3/c1-12-10(15)6-13(7-11(12)16)8-3-2-4-9(14)5-8/h2-5,14H,6-7H2,1H3. The van der Waals surface area contributed by atoms with Crippen molar-refractivity contribution in [3.05, 3.63) is 24.3 Å². The maximum absolute atomic E-state index is 11.5. The van der Waals surface area contributed by atoms with Crippen molar-refractivity contribution in [3.8, 4) is 5.75 Å². The number of hydrogen-bond donors (Lipinski definition) is 1. The van der Waals surface area contributed by atoms with E-state index in [1.54, 1.807) is 23.1 Å². The Labute approximate surface area is 92.9 Å². The minimum Gasteiger partial charge on any atom is -0.508 e. The lowest BCUT2D eigenvalue weighted by Gasteiger charge is -2.31. The van der Waals surface area contributed by atoms with E-state index < -0.39 is 0 Å². The Bertz CT molecular complexity index is 427. The fourth-order valence-corrected chi connectivity index (χ4v) is 1.61. The third kappa shape index (κ3) is 1.84. The average molecular weight is 220 g/mol. The van der Waals surface area contributed by atoms with Gasteiger partial charge in [0, 0.05) is 18.8 Å². The molecule has 0 bridgehead atoms. The maximum atomic E-state index is 11.5. The van der Waals surface area contributed by atoms with Crippen LogP contribution in [-0.4, -0.2) is 42.0 Å². The third-order valence-electron chi connectivity index (χ3n) is 2.60. The lowest BCUT2D eigenvalue weighted by molar-refractivity contribution is -0.143. The second-order valence-electron chi connectivity index (χ2n) is 3.72. The summed E-state index contributed by atoms with van der Waals surface area (Å²) in [4.78, 5) is 25.7. The van der Waals surface area contributed by atoms with Gasteiger partial charge >= 0.3 is 0 Å². The van der Waals surface area contributed by atoms with Gasteiger partial charge in [-0.3, -0.25) is 14.5 Å². The number of amides is 2. The smallest absolute Gasteiger partial charge is 0.248 e. The topological polar surface area (TPSA) is 60.9 Å². The molecule has 0 spiro atoms. The minimum absolute atomic E-state index is 0.122. The molecule has 0 aliphatic carbocycles. The van der Waals surface area contributed by atoms with E-state index in [4.69, 9.17) is 0 Å². The first-order valence-corrected chi connectivity index (χ1v) is 4.91. The molecule has 1 aliphatic rings.